The van der Waals surface area contributed by atoms with E-state index in [1.807, 2.05) is 65.6 Å². The van der Waals surface area contributed by atoms with Crippen molar-refractivity contribution in [2.45, 2.75) is 13.1 Å². The van der Waals surface area contributed by atoms with Crippen LogP contribution in [0.15, 0.2) is 78.9 Å². The smallest absolute Gasteiger partial charge is 0.229 e. The average molecular weight is 463 g/mol. The van der Waals surface area contributed by atoms with Crippen molar-refractivity contribution >= 4 is 33.9 Å². The summed E-state index contributed by atoms with van der Waals surface area (Å²) < 4.78 is 39.5. The lowest BCUT2D eigenvalue weighted by molar-refractivity contribution is 0.0916. The first-order valence-corrected chi connectivity index (χ1v) is 11.3. The van der Waals surface area contributed by atoms with Crippen molar-refractivity contribution in [3.63, 3.8) is 0 Å². The number of sulfonamides is 1. The Hall–Kier alpha value is -2.74. The number of Topliss-reactive ketones (excluding diaryl/α,β-unsaturated/α-hetero) is 1. The van der Waals surface area contributed by atoms with Gasteiger partial charge in [0.15, 0.2) is 5.78 Å². The van der Waals surface area contributed by atoms with E-state index >= 15 is 0 Å². The van der Waals surface area contributed by atoms with Gasteiger partial charge < -0.3 is 0 Å². The van der Waals surface area contributed by atoms with Crippen molar-refractivity contribution in [2.24, 2.45) is 0 Å². The number of rotatable bonds is 9. The van der Waals surface area contributed by atoms with Crippen LogP contribution in [0.1, 0.15) is 21.5 Å². The van der Waals surface area contributed by atoms with E-state index < -0.39 is 21.6 Å². The molecule has 0 saturated heterocycles. The SMILES string of the molecule is CS(=O)(=O)Nc1ccc(F)c(C(=O)CN(Cc2ccccc2)Cc2ccccc2)c1.Cl. The first kappa shape index (κ1) is 24.5. The van der Waals surface area contributed by atoms with E-state index in [0.29, 0.717) is 13.1 Å². The summed E-state index contributed by atoms with van der Waals surface area (Å²) in [5.41, 5.74) is 2.08. The Bertz CT molecular complexity index is 1070. The highest BCUT2D eigenvalue weighted by molar-refractivity contribution is 7.92. The molecule has 0 aliphatic carbocycles. The fourth-order valence-electron chi connectivity index (χ4n) is 3.16. The van der Waals surface area contributed by atoms with Crippen LogP contribution in [0.2, 0.25) is 0 Å². The molecule has 5 nitrogen and oxygen atoms in total. The Labute approximate surface area is 188 Å². The Morgan fingerprint density at radius 2 is 1.42 bits per heavy atom. The number of ketones is 1. The minimum absolute atomic E-state index is 0. The average Bonchev–Trinajstić information content (AvgIpc) is 2.70. The van der Waals surface area contributed by atoms with E-state index in [1.54, 1.807) is 0 Å². The quantitative estimate of drug-likeness (QED) is 0.475. The molecule has 31 heavy (non-hydrogen) atoms. The lowest BCUT2D eigenvalue weighted by Crippen LogP contribution is -2.29. The molecule has 0 aliphatic heterocycles. The predicted molar refractivity (Wildman–Crippen MR) is 123 cm³/mol. The zero-order valence-electron chi connectivity index (χ0n) is 17.0. The number of hydrogen-bond acceptors (Lipinski definition) is 4. The zero-order chi connectivity index (χ0) is 21.6. The van der Waals surface area contributed by atoms with Crippen LogP contribution in [0.5, 0.6) is 0 Å². The third-order valence-electron chi connectivity index (χ3n) is 4.44. The van der Waals surface area contributed by atoms with Gasteiger partial charge >= 0.3 is 0 Å². The number of carbonyl (C=O) groups is 1. The number of carbonyl (C=O) groups excluding carboxylic acids is 1. The van der Waals surface area contributed by atoms with Gasteiger partial charge in [-0.05, 0) is 29.3 Å². The van der Waals surface area contributed by atoms with Crippen LogP contribution >= 0.6 is 12.4 Å². The van der Waals surface area contributed by atoms with E-state index in [9.17, 15) is 17.6 Å². The van der Waals surface area contributed by atoms with Crippen molar-refractivity contribution in [2.75, 3.05) is 17.5 Å². The maximum atomic E-state index is 14.3. The second kappa shape index (κ2) is 11.0. The van der Waals surface area contributed by atoms with Crippen LogP contribution in [0.25, 0.3) is 0 Å². The number of nitrogens with one attached hydrogen (secondary N) is 1. The molecule has 0 bridgehead atoms. The van der Waals surface area contributed by atoms with E-state index in [-0.39, 0.29) is 30.2 Å². The largest absolute Gasteiger partial charge is 0.293 e. The highest BCUT2D eigenvalue weighted by Gasteiger charge is 2.18. The van der Waals surface area contributed by atoms with Gasteiger partial charge in [-0.25, -0.2) is 12.8 Å². The highest BCUT2D eigenvalue weighted by atomic mass is 35.5. The van der Waals surface area contributed by atoms with Crippen LogP contribution in [0.3, 0.4) is 0 Å². The Morgan fingerprint density at radius 1 is 0.903 bits per heavy atom. The molecule has 3 aromatic carbocycles. The van der Waals surface area contributed by atoms with Gasteiger partial charge in [0, 0.05) is 18.8 Å². The van der Waals surface area contributed by atoms with E-state index in [0.717, 1.165) is 23.4 Å². The molecule has 3 rings (SSSR count). The minimum atomic E-state index is -3.53. The summed E-state index contributed by atoms with van der Waals surface area (Å²) >= 11 is 0. The van der Waals surface area contributed by atoms with Gasteiger partial charge in [0.2, 0.25) is 10.0 Å². The molecular weight excluding hydrogens is 439 g/mol. The maximum absolute atomic E-state index is 14.3. The minimum Gasteiger partial charge on any atom is -0.293 e. The molecule has 8 heteroatoms. The summed E-state index contributed by atoms with van der Waals surface area (Å²) in [6.07, 6.45) is 0.999. The summed E-state index contributed by atoms with van der Waals surface area (Å²) in [7, 11) is -3.53. The van der Waals surface area contributed by atoms with Crippen LogP contribution in [-0.4, -0.2) is 31.9 Å². The lowest BCUT2D eigenvalue weighted by atomic mass is 10.1. The van der Waals surface area contributed by atoms with Crippen molar-refractivity contribution in [1.29, 1.82) is 0 Å². The third-order valence-corrected chi connectivity index (χ3v) is 5.04. The molecule has 0 amide bonds. The van der Waals surface area contributed by atoms with Crippen molar-refractivity contribution < 1.29 is 17.6 Å². The number of anilines is 1. The van der Waals surface area contributed by atoms with E-state index in [2.05, 4.69) is 4.72 Å². The number of halogens is 2. The highest BCUT2D eigenvalue weighted by Crippen LogP contribution is 2.18. The number of benzene rings is 3. The third kappa shape index (κ3) is 7.79. The topological polar surface area (TPSA) is 66.5 Å². The molecule has 0 aromatic heterocycles. The molecule has 0 aliphatic rings. The van der Waals surface area contributed by atoms with Crippen LogP contribution < -0.4 is 4.72 Å². The van der Waals surface area contributed by atoms with Crippen molar-refractivity contribution in [1.82, 2.24) is 4.90 Å². The number of nitrogens with zero attached hydrogens (tertiary/aromatic N) is 1. The molecular formula is C23H24ClFN2O3S. The molecule has 0 spiro atoms. The van der Waals surface area contributed by atoms with Gasteiger partial charge in [-0.3, -0.25) is 14.4 Å². The van der Waals surface area contributed by atoms with Gasteiger partial charge in [0.1, 0.15) is 5.82 Å². The molecule has 3 aromatic rings. The molecule has 164 valence electrons. The van der Waals surface area contributed by atoms with Gasteiger partial charge in [0.05, 0.1) is 18.4 Å². The van der Waals surface area contributed by atoms with E-state index in [1.165, 1.54) is 12.1 Å². The normalized spacial score (nSPS) is 11.1. The molecule has 0 heterocycles. The first-order valence-electron chi connectivity index (χ1n) is 9.41. The van der Waals surface area contributed by atoms with Gasteiger partial charge in [-0.2, -0.15) is 0 Å². The molecule has 0 radical (unpaired) electrons. The Kier molecular flexibility index (Phi) is 8.74. The van der Waals surface area contributed by atoms with Gasteiger partial charge in [-0.1, -0.05) is 60.7 Å². The lowest BCUT2D eigenvalue weighted by Gasteiger charge is -2.22. The van der Waals surface area contributed by atoms with E-state index in [4.69, 9.17) is 0 Å². The van der Waals surface area contributed by atoms with Gasteiger partial charge in [-0.15, -0.1) is 12.4 Å². The van der Waals surface area contributed by atoms with Gasteiger partial charge in [0.25, 0.3) is 0 Å². The molecule has 0 atom stereocenters. The summed E-state index contributed by atoms with van der Waals surface area (Å²) in [5.74, 6) is -1.10. The monoisotopic (exact) mass is 462 g/mol. The summed E-state index contributed by atoms with van der Waals surface area (Å²) in [6, 6.07) is 23.1. The van der Waals surface area contributed by atoms with Crippen LogP contribution in [-0.2, 0) is 23.1 Å². The fraction of sp³-hybridized carbons (Fsp3) is 0.174. The first-order chi connectivity index (χ1) is 14.3. The zero-order valence-corrected chi connectivity index (χ0v) is 18.6. The Balaban J connectivity index is 0.00000341. The second-order valence-electron chi connectivity index (χ2n) is 7.11. The second-order valence-corrected chi connectivity index (χ2v) is 8.86. The van der Waals surface area contributed by atoms with Crippen molar-refractivity contribution in [3.05, 3.63) is 101 Å². The summed E-state index contributed by atoms with van der Waals surface area (Å²) in [5, 5.41) is 0. The van der Waals surface area contributed by atoms with Crippen LogP contribution in [0.4, 0.5) is 10.1 Å². The number of hydrogen-bond donors (Lipinski definition) is 1. The predicted octanol–water partition coefficient (Wildman–Crippen LogP) is 4.50. The summed E-state index contributed by atoms with van der Waals surface area (Å²) in [4.78, 5) is 14.8. The molecule has 0 saturated carbocycles. The maximum Gasteiger partial charge on any atom is 0.229 e. The molecule has 0 unspecified atom stereocenters. The standard InChI is InChI=1S/C23H23FN2O3S.ClH/c1-30(28,29)25-20-12-13-22(24)21(14-20)23(27)17-26(15-18-8-4-2-5-9-18)16-19-10-6-3-7-11-19;/h2-14,25H,15-17H2,1H3;1H. The molecule has 1 N–H and O–H groups in total. The fourth-order valence-corrected chi connectivity index (χ4v) is 3.71. The Morgan fingerprint density at radius 3 is 1.90 bits per heavy atom. The molecule has 0 fully saturated rings. The summed E-state index contributed by atoms with van der Waals surface area (Å²) in [6.45, 7) is 1.03. The van der Waals surface area contributed by atoms with Crippen LogP contribution in [0, 0.1) is 5.82 Å². The van der Waals surface area contributed by atoms with Crippen molar-refractivity contribution in [3.8, 4) is 0 Å².